The van der Waals surface area contributed by atoms with E-state index in [9.17, 15) is 0 Å². The third-order valence-corrected chi connectivity index (χ3v) is 6.19. The number of imidazole rings is 1. The molecule has 0 fully saturated rings. The van der Waals surface area contributed by atoms with Crippen molar-refractivity contribution in [2.24, 2.45) is 0 Å². The molecular formula is C26H51N2+. The van der Waals surface area contributed by atoms with Gasteiger partial charge in [0.2, 0.25) is 0 Å². The van der Waals surface area contributed by atoms with Crippen LogP contribution in [0.15, 0.2) is 12.4 Å². The molecule has 2 nitrogen and oxygen atoms in total. The lowest BCUT2D eigenvalue weighted by molar-refractivity contribution is -0.704. The molecule has 2 heteroatoms. The summed E-state index contributed by atoms with van der Waals surface area (Å²) >= 11 is 0. The molecule has 1 aromatic rings. The number of aromatic nitrogens is 2. The van der Waals surface area contributed by atoms with Crippen LogP contribution >= 0.6 is 0 Å². The zero-order valence-corrected chi connectivity index (χ0v) is 19.7. The SMILES string of the molecule is CCCCCCCCCCCCc1n(CC)cc[n+]1CCCCCCCCC. The molecule has 0 aliphatic heterocycles. The maximum Gasteiger partial charge on any atom is 0.256 e. The Labute approximate surface area is 177 Å². The molecule has 0 saturated carbocycles. The third kappa shape index (κ3) is 11.9. The van der Waals surface area contributed by atoms with Crippen molar-refractivity contribution in [3.63, 3.8) is 0 Å². The molecule has 1 heterocycles. The van der Waals surface area contributed by atoms with Crippen molar-refractivity contribution in [2.75, 3.05) is 0 Å². The van der Waals surface area contributed by atoms with Gasteiger partial charge in [0.05, 0.1) is 13.1 Å². The van der Waals surface area contributed by atoms with E-state index in [0.29, 0.717) is 0 Å². The van der Waals surface area contributed by atoms with Gasteiger partial charge in [-0.15, -0.1) is 0 Å². The van der Waals surface area contributed by atoms with Crippen LogP contribution in [0.25, 0.3) is 0 Å². The quantitative estimate of drug-likeness (QED) is 0.157. The second-order valence-electron chi connectivity index (χ2n) is 8.75. The van der Waals surface area contributed by atoms with Crippen LogP contribution in [-0.2, 0) is 19.5 Å². The normalized spacial score (nSPS) is 11.4. The molecule has 0 aliphatic rings. The van der Waals surface area contributed by atoms with E-state index in [1.165, 1.54) is 122 Å². The fraction of sp³-hybridized carbons (Fsp3) is 0.885. The highest BCUT2D eigenvalue weighted by Gasteiger charge is 2.15. The van der Waals surface area contributed by atoms with E-state index in [1.54, 1.807) is 5.82 Å². The van der Waals surface area contributed by atoms with Crippen LogP contribution in [0.1, 0.15) is 136 Å². The summed E-state index contributed by atoms with van der Waals surface area (Å²) in [6.45, 7) is 9.20. The Morgan fingerprint density at radius 1 is 0.607 bits per heavy atom. The largest absolute Gasteiger partial charge is 0.256 e. The highest BCUT2D eigenvalue weighted by molar-refractivity contribution is 4.83. The first-order chi connectivity index (χ1) is 13.8. The van der Waals surface area contributed by atoms with Gasteiger partial charge < -0.3 is 0 Å². The highest BCUT2D eigenvalue weighted by atomic mass is 15.1. The molecule has 0 radical (unpaired) electrons. The molecular weight excluding hydrogens is 340 g/mol. The Morgan fingerprint density at radius 2 is 1.07 bits per heavy atom. The van der Waals surface area contributed by atoms with Crippen LogP contribution < -0.4 is 4.57 Å². The summed E-state index contributed by atoms with van der Waals surface area (Å²) in [5, 5.41) is 0. The first kappa shape index (κ1) is 25.2. The van der Waals surface area contributed by atoms with Crippen LogP contribution in [-0.4, -0.2) is 4.57 Å². The fourth-order valence-corrected chi connectivity index (χ4v) is 4.29. The summed E-state index contributed by atoms with van der Waals surface area (Å²) in [6, 6.07) is 0. The molecule has 0 N–H and O–H groups in total. The third-order valence-electron chi connectivity index (χ3n) is 6.19. The molecule has 1 aromatic heterocycles. The summed E-state index contributed by atoms with van der Waals surface area (Å²) < 4.78 is 5.01. The Bertz CT molecular complexity index is 449. The van der Waals surface area contributed by atoms with Gasteiger partial charge in [-0.05, 0) is 26.2 Å². The van der Waals surface area contributed by atoms with E-state index >= 15 is 0 Å². The second kappa shape index (κ2) is 18.3. The van der Waals surface area contributed by atoms with E-state index in [2.05, 4.69) is 42.3 Å². The first-order valence-corrected chi connectivity index (χ1v) is 12.9. The Morgan fingerprint density at radius 3 is 1.57 bits per heavy atom. The van der Waals surface area contributed by atoms with Crippen molar-refractivity contribution in [2.45, 2.75) is 149 Å². The van der Waals surface area contributed by atoms with Gasteiger partial charge in [0, 0.05) is 6.42 Å². The topological polar surface area (TPSA) is 8.81 Å². The van der Waals surface area contributed by atoms with Gasteiger partial charge in [-0.25, -0.2) is 9.13 Å². The lowest BCUT2D eigenvalue weighted by atomic mass is 10.1. The lowest BCUT2D eigenvalue weighted by Crippen LogP contribution is -2.37. The number of hydrogen-bond acceptors (Lipinski definition) is 0. The molecule has 1 rings (SSSR count). The minimum Gasteiger partial charge on any atom is -0.235 e. The number of unbranched alkanes of at least 4 members (excludes halogenated alkanes) is 15. The van der Waals surface area contributed by atoms with Gasteiger partial charge in [-0.3, -0.25) is 0 Å². The molecule has 0 aromatic carbocycles. The smallest absolute Gasteiger partial charge is 0.235 e. The molecule has 0 amide bonds. The highest BCUT2D eigenvalue weighted by Crippen LogP contribution is 2.12. The van der Waals surface area contributed by atoms with Crippen molar-refractivity contribution in [1.29, 1.82) is 0 Å². The number of nitrogens with zero attached hydrogens (tertiary/aromatic N) is 2. The molecule has 0 aliphatic carbocycles. The summed E-state index contributed by atoms with van der Waals surface area (Å²) in [4.78, 5) is 0. The van der Waals surface area contributed by atoms with E-state index < -0.39 is 0 Å². The molecule has 0 spiro atoms. The summed E-state index contributed by atoms with van der Waals surface area (Å²) in [5.41, 5.74) is 0. The number of rotatable bonds is 20. The van der Waals surface area contributed by atoms with E-state index in [1.807, 2.05) is 0 Å². The molecule has 28 heavy (non-hydrogen) atoms. The average molecular weight is 392 g/mol. The van der Waals surface area contributed by atoms with Crippen LogP contribution in [0.3, 0.4) is 0 Å². The predicted octanol–water partition coefficient (Wildman–Crippen LogP) is 8.01. The number of aryl methyl sites for hydroxylation is 2. The molecule has 0 atom stereocenters. The van der Waals surface area contributed by atoms with Crippen LogP contribution in [0, 0.1) is 0 Å². The molecule has 0 unspecified atom stereocenters. The Hall–Kier alpha value is -0.790. The minimum absolute atomic E-state index is 1.11. The lowest BCUT2D eigenvalue weighted by Gasteiger charge is -2.05. The van der Waals surface area contributed by atoms with E-state index in [-0.39, 0.29) is 0 Å². The van der Waals surface area contributed by atoms with Crippen molar-refractivity contribution in [3.05, 3.63) is 18.2 Å². The minimum atomic E-state index is 1.11. The molecule has 164 valence electrons. The van der Waals surface area contributed by atoms with Crippen molar-refractivity contribution in [3.8, 4) is 0 Å². The maximum atomic E-state index is 2.54. The second-order valence-corrected chi connectivity index (χ2v) is 8.75. The zero-order chi connectivity index (χ0) is 20.3. The fourth-order valence-electron chi connectivity index (χ4n) is 4.29. The van der Waals surface area contributed by atoms with Crippen molar-refractivity contribution in [1.82, 2.24) is 4.57 Å². The van der Waals surface area contributed by atoms with E-state index in [4.69, 9.17) is 0 Å². The van der Waals surface area contributed by atoms with E-state index in [0.717, 1.165) is 6.54 Å². The Balaban J connectivity index is 2.15. The monoisotopic (exact) mass is 391 g/mol. The average Bonchev–Trinajstić information content (AvgIpc) is 3.10. The standard InChI is InChI=1S/C26H51N2/c1-4-7-9-11-13-14-15-16-18-20-22-26-27(6-3)24-25-28(26)23-21-19-17-12-10-8-5-2/h24-25H,4-23H2,1-3H3/q+1. The molecule has 0 saturated heterocycles. The maximum absolute atomic E-state index is 2.54. The first-order valence-electron chi connectivity index (χ1n) is 12.9. The summed E-state index contributed by atoms with van der Waals surface area (Å²) in [7, 11) is 0. The van der Waals surface area contributed by atoms with Crippen LogP contribution in [0.5, 0.6) is 0 Å². The van der Waals surface area contributed by atoms with Crippen molar-refractivity contribution >= 4 is 0 Å². The summed E-state index contributed by atoms with van der Waals surface area (Å²) in [6.07, 6.45) is 29.9. The van der Waals surface area contributed by atoms with Gasteiger partial charge in [-0.1, -0.05) is 104 Å². The van der Waals surface area contributed by atoms with Gasteiger partial charge in [-0.2, -0.15) is 0 Å². The molecule has 0 bridgehead atoms. The van der Waals surface area contributed by atoms with Gasteiger partial charge in [0.1, 0.15) is 12.4 Å². The predicted molar refractivity (Wildman–Crippen MR) is 124 cm³/mol. The van der Waals surface area contributed by atoms with Gasteiger partial charge in [0.15, 0.2) is 0 Å². The number of hydrogen-bond donors (Lipinski definition) is 0. The van der Waals surface area contributed by atoms with Gasteiger partial charge in [0.25, 0.3) is 5.82 Å². The van der Waals surface area contributed by atoms with Gasteiger partial charge >= 0.3 is 0 Å². The zero-order valence-electron chi connectivity index (χ0n) is 19.7. The Kier molecular flexibility index (Phi) is 16.5. The van der Waals surface area contributed by atoms with Crippen LogP contribution in [0.2, 0.25) is 0 Å². The summed E-state index contributed by atoms with van der Waals surface area (Å²) in [5.74, 6) is 1.56. The van der Waals surface area contributed by atoms with Crippen molar-refractivity contribution < 1.29 is 4.57 Å². The van der Waals surface area contributed by atoms with Crippen LogP contribution in [0.4, 0.5) is 0 Å².